The summed E-state index contributed by atoms with van der Waals surface area (Å²) in [7, 11) is 0. The summed E-state index contributed by atoms with van der Waals surface area (Å²) in [4.78, 5) is 26.3. The van der Waals surface area contributed by atoms with Crippen LogP contribution in [-0.2, 0) is 6.42 Å². The van der Waals surface area contributed by atoms with Crippen molar-refractivity contribution in [2.45, 2.75) is 19.3 Å². The zero-order valence-corrected chi connectivity index (χ0v) is 13.5. The Hall–Kier alpha value is -2.46. The Labute approximate surface area is 141 Å². The van der Waals surface area contributed by atoms with Crippen LogP contribution in [0.2, 0.25) is 0 Å². The molecule has 2 heterocycles. The number of nitrogens with one attached hydrogen (secondary N) is 1. The Morgan fingerprint density at radius 2 is 1.46 bits per heavy atom. The van der Waals surface area contributed by atoms with E-state index in [-0.39, 0.29) is 11.8 Å². The fourth-order valence-corrected chi connectivity index (χ4v) is 3.62. The lowest BCUT2D eigenvalue weighted by atomic mass is 9.91. The lowest BCUT2D eigenvalue weighted by Crippen LogP contribution is -2.29. The fraction of sp³-hybridized carbons (Fsp3) is 0.300. The van der Waals surface area contributed by atoms with E-state index in [1.165, 1.54) is 23.3 Å². The molecule has 1 fully saturated rings. The number of rotatable bonds is 3. The maximum atomic E-state index is 12.5. The summed E-state index contributed by atoms with van der Waals surface area (Å²) in [5, 5.41) is 3.38. The quantitative estimate of drug-likeness (QED) is 0.885. The van der Waals surface area contributed by atoms with Gasteiger partial charge in [-0.15, -0.1) is 0 Å². The largest absolute Gasteiger partial charge is 0.317 e. The smallest absolute Gasteiger partial charge is 0.266 e. The van der Waals surface area contributed by atoms with Gasteiger partial charge in [0.15, 0.2) is 0 Å². The van der Waals surface area contributed by atoms with Gasteiger partial charge in [0.1, 0.15) is 0 Å². The molecule has 0 atom stereocenters. The van der Waals surface area contributed by atoms with E-state index < -0.39 is 0 Å². The minimum atomic E-state index is -0.235. The number of benzene rings is 2. The van der Waals surface area contributed by atoms with E-state index in [1.54, 1.807) is 24.3 Å². The van der Waals surface area contributed by atoms with Crippen LogP contribution in [0.3, 0.4) is 0 Å². The molecule has 1 N–H and O–H groups in total. The van der Waals surface area contributed by atoms with Gasteiger partial charge in [-0.3, -0.25) is 9.59 Å². The Morgan fingerprint density at radius 1 is 0.875 bits per heavy atom. The fourth-order valence-electron chi connectivity index (χ4n) is 3.62. The number of hydrogen-bond acceptors (Lipinski definition) is 3. The summed E-state index contributed by atoms with van der Waals surface area (Å²) >= 11 is 0. The Kier molecular flexibility index (Phi) is 3.90. The van der Waals surface area contributed by atoms with E-state index in [4.69, 9.17) is 0 Å². The summed E-state index contributed by atoms with van der Waals surface area (Å²) in [6.07, 6.45) is 3.48. The lowest BCUT2D eigenvalue weighted by molar-refractivity contribution is 0.0926. The van der Waals surface area contributed by atoms with Crippen molar-refractivity contribution in [2.24, 2.45) is 5.92 Å². The second-order valence-corrected chi connectivity index (χ2v) is 6.56. The standard InChI is InChI=1S/C20H20N2O2/c23-19-17-3-1-2-4-18(17)20(24)22(19)16-7-5-14(6-8-16)13-15-9-11-21-12-10-15/h1-8,15,21H,9-13H2. The molecule has 0 unspecified atom stereocenters. The van der Waals surface area contributed by atoms with Crippen LogP contribution in [0.1, 0.15) is 39.1 Å². The summed E-state index contributed by atoms with van der Waals surface area (Å²) in [6, 6.07) is 14.9. The van der Waals surface area contributed by atoms with Crippen LogP contribution in [0.4, 0.5) is 5.69 Å². The van der Waals surface area contributed by atoms with Crippen molar-refractivity contribution in [3.05, 3.63) is 65.2 Å². The molecule has 0 bridgehead atoms. The van der Waals surface area contributed by atoms with Crippen molar-refractivity contribution in [1.29, 1.82) is 0 Å². The number of carbonyl (C=O) groups is 2. The molecule has 2 aliphatic heterocycles. The Bertz CT molecular complexity index is 741. The molecule has 0 spiro atoms. The second-order valence-electron chi connectivity index (χ2n) is 6.56. The minimum Gasteiger partial charge on any atom is -0.317 e. The van der Waals surface area contributed by atoms with Gasteiger partial charge in [-0.05, 0) is 68.1 Å². The predicted octanol–water partition coefficient (Wildman–Crippen LogP) is 3.03. The monoisotopic (exact) mass is 320 g/mol. The van der Waals surface area contributed by atoms with Crippen molar-refractivity contribution in [1.82, 2.24) is 5.32 Å². The molecule has 2 aromatic rings. The molecule has 122 valence electrons. The molecule has 2 aliphatic rings. The number of hydrogen-bond donors (Lipinski definition) is 1. The topological polar surface area (TPSA) is 49.4 Å². The van der Waals surface area contributed by atoms with Crippen LogP contribution < -0.4 is 10.2 Å². The summed E-state index contributed by atoms with van der Waals surface area (Å²) < 4.78 is 0. The number of fused-ring (bicyclic) bond motifs is 1. The highest BCUT2D eigenvalue weighted by Gasteiger charge is 2.36. The summed E-state index contributed by atoms with van der Waals surface area (Å²) in [5.74, 6) is 0.250. The Balaban J connectivity index is 1.53. The first kappa shape index (κ1) is 15.1. The van der Waals surface area contributed by atoms with E-state index in [9.17, 15) is 9.59 Å². The molecule has 4 nitrogen and oxygen atoms in total. The van der Waals surface area contributed by atoms with Gasteiger partial charge in [-0.1, -0.05) is 24.3 Å². The van der Waals surface area contributed by atoms with Gasteiger partial charge in [0.2, 0.25) is 0 Å². The van der Waals surface area contributed by atoms with E-state index in [0.29, 0.717) is 16.8 Å². The third-order valence-electron chi connectivity index (χ3n) is 4.97. The average Bonchev–Trinajstić information content (AvgIpc) is 2.88. The van der Waals surface area contributed by atoms with Crippen LogP contribution in [0, 0.1) is 5.92 Å². The maximum Gasteiger partial charge on any atom is 0.266 e. The molecule has 0 saturated carbocycles. The van der Waals surface area contributed by atoms with Crippen LogP contribution in [0.5, 0.6) is 0 Å². The first-order valence-electron chi connectivity index (χ1n) is 8.51. The zero-order chi connectivity index (χ0) is 16.5. The predicted molar refractivity (Wildman–Crippen MR) is 93.3 cm³/mol. The van der Waals surface area contributed by atoms with Crippen LogP contribution >= 0.6 is 0 Å². The van der Waals surface area contributed by atoms with Crippen LogP contribution in [-0.4, -0.2) is 24.9 Å². The third-order valence-corrected chi connectivity index (χ3v) is 4.97. The molecule has 2 aromatic carbocycles. The van der Waals surface area contributed by atoms with Crippen molar-refractivity contribution >= 4 is 17.5 Å². The molecule has 0 aliphatic carbocycles. The van der Waals surface area contributed by atoms with Crippen LogP contribution in [0.25, 0.3) is 0 Å². The van der Waals surface area contributed by atoms with E-state index in [1.807, 2.05) is 24.3 Å². The van der Waals surface area contributed by atoms with Gasteiger partial charge in [0, 0.05) is 0 Å². The van der Waals surface area contributed by atoms with Gasteiger partial charge in [-0.25, -0.2) is 4.90 Å². The number of imide groups is 1. The van der Waals surface area contributed by atoms with E-state index >= 15 is 0 Å². The number of amides is 2. The van der Waals surface area contributed by atoms with Crippen molar-refractivity contribution in [3.63, 3.8) is 0 Å². The molecule has 24 heavy (non-hydrogen) atoms. The molecule has 2 amide bonds. The number of carbonyl (C=O) groups excluding carboxylic acids is 2. The van der Waals surface area contributed by atoms with Gasteiger partial charge in [0.05, 0.1) is 16.8 Å². The third kappa shape index (κ3) is 2.63. The van der Waals surface area contributed by atoms with Crippen molar-refractivity contribution < 1.29 is 9.59 Å². The molecule has 4 heteroatoms. The number of anilines is 1. The van der Waals surface area contributed by atoms with Gasteiger partial charge in [0.25, 0.3) is 11.8 Å². The molecule has 1 saturated heterocycles. The first-order chi connectivity index (χ1) is 11.7. The second kappa shape index (κ2) is 6.21. The van der Waals surface area contributed by atoms with Gasteiger partial charge < -0.3 is 5.32 Å². The normalized spacial score (nSPS) is 18.1. The lowest BCUT2D eigenvalue weighted by Gasteiger charge is -2.22. The highest BCUT2D eigenvalue weighted by atomic mass is 16.2. The molecular weight excluding hydrogens is 300 g/mol. The first-order valence-corrected chi connectivity index (χ1v) is 8.51. The zero-order valence-electron chi connectivity index (χ0n) is 13.5. The number of nitrogens with zero attached hydrogens (tertiary/aromatic N) is 1. The molecule has 0 radical (unpaired) electrons. The highest BCUT2D eigenvalue weighted by molar-refractivity contribution is 6.34. The number of piperidine rings is 1. The van der Waals surface area contributed by atoms with Gasteiger partial charge >= 0.3 is 0 Å². The minimum absolute atomic E-state index is 0.235. The maximum absolute atomic E-state index is 12.5. The summed E-state index contributed by atoms with van der Waals surface area (Å²) in [6.45, 7) is 2.19. The Morgan fingerprint density at radius 3 is 2.04 bits per heavy atom. The molecular formula is C20H20N2O2. The SMILES string of the molecule is O=C1c2ccccc2C(=O)N1c1ccc(CC2CCNCC2)cc1. The van der Waals surface area contributed by atoms with E-state index in [0.717, 1.165) is 25.4 Å². The summed E-state index contributed by atoms with van der Waals surface area (Å²) in [5.41, 5.74) is 2.89. The molecule has 4 rings (SSSR count). The highest BCUT2D eigenvalue weighted by Crippen LogP contribution is 2.29. The van der Waals surface area contributed by atoms with Crippen LogP contribution in [0.15, 0.2) is 48.5 Å². The molecule has 0 aromatic heterocycles. The average molecular weight is 320 g/mol. The van der Waals surface area contributed by atoms with Crippen molar-refractivity contribution in [3.8, 4) is 0 Å². The van der Waals surface area contributed by atoms with Gasteiger partial charge in [-0.2, -0.15) is 0 Å². The van der Waals surface area contributed by atoms with E-state index in [2.05, 4.69) is 5.32 Å². The van der Waals surface area contributed by atoms with Crippen molar-refractivity contribution in [2.75, 3.05) is 18.0 Å².